The summed E-state index contributed by atoms with van der Waals surface area (Å²) in [4.78, 5) is 45.4. The van der Waals surface area contributed by atoms with E-state index in [0.717, 1.165) is 0 Å². The van der Waals surface area contributed by atoms with Crippen molar-refractivity contribution in [3.63, 3.8) is 0 Å². The first-order valence-electron chi connectivity index (χ1n) is 5.01. The van der Waals surface area contributed by atoms with Gasteiger partial charge in [-0.25, -0.2) is 9.78 Å². The minimum atomic E-state index is -1.07. The van der Waals surface area contributed by atoms with Crippen molar-refractivity contribution < 1.29 is 14.7 Å². The van der Waals surface area contributed by atoms with Gasteiger partial charge in [-0.3, -0.25) is 14.6 Å². The highest BCUT2D eigenvalue weighted by atomic mass is 16.4. The smallest absolute Gasteiger partial charge is 0.348 e. The van der Waals surface area contributed by atoms with Crippen LogP contribution in [0.5, 0.6) is 0 Å². The van der Waals surface area contributed by atoms with E-state index in [1.165, 1.54) is 6.33 Å². The van der Waals surface area contributed by atoms with Gasteiger partial charge in [-0.15, -0.1) is 0 Å². The van der Waals surface area contributed by atoms with Crippen LogP contribution in [0.1, 0.15) is 12.8 Å². The minimum absolute atomic E-state index is 0.123. The molecule has 0 unspecified atom stereocenters. The van der Waals surface area contributed by atoms with Crippen LogP contribution >= 0.6 is 0 Å². The molecule has 2 heterocycles. The Balaban J connectivity index is 2.20. The van der Waals surface area contributed by atoms with E-state index in [2.05, 4.69) is 25.3 Å². The molecule has 2 aromatic heterocycles. The average Bonchev–Trinajstić information content (AvgIpc) is 2.74. The van der Waals surface area contributed by atoms with Gasteiger partial charge in [0.15, 0.2) is 5.65 Å². The summed E-state index contributed by atoms with van der Waals surface area (Å²) < 4.78 is 0. The number of carboxylic acids is 1. The van der Waals surface area contributed by atoms with E-state index in [-0.39, 0.29) is 24.3 Å². The Morgan fingerprint density at radius 2 is 2.17 bits per heavy atom. The van der Waals surface area contributed by atoms with Crippen LogP contribution in [0.25, 0.3) is 11.2 Å². The molecule has 0 aliphatic heterocycles. The van der Waals surface area contributed by atoms with Gasteiger partial charge in [0.25, 0.3) is 0 Å². The number of nitrogens with zero attached hydrogens (tertiary/aromatic N) is 2. The number of aromatic nitrogens is 4. The van der Waals surface area contributed by atoms with Gasteiger partial charge in [0.1, 0.15) is 11.3 Å². The Morgan fingerprint density at radius 3 is 2.89 bits per heavy atom. The average molecular weight is 251 g/mol. The van der Waals surface area contributed by atoms with Gasteiger partial charge in [-0.2, -0.15) is 4.98 Å². The van der Waals surface area contributed by atoms with Crippen LogP contribution in [0.2, 0.25) is 0 Å². The molecule has 94 valence electrons. The fourth-order valence-corrected chi connectivity index (χ4v) is 1.37. The number of fused-ring (bicyclic) bond motifs is 1. The van der Waals surface area contributed by atoms with Gasteiger partial charge in [0, 0.05) is 6.42 Å². The molecule has 0 bridgehead atoms. The van der Waals surface area contributed by atoms with E-state index in [1.54, 1.807) is 0 Å². The highest BCUT2D eigenvalue weighted by Gasteiger charge is 2.11. The van der Waals surface area contributed by atoms with E-state index in [9.17, 15) is 14.4 Å². The van der Waals surface area contributed by atoms with Crippen LogP contribution in [0, 0.1) is 0 Å². The summed E-state index contributed by atoms with van der Waals surface area (Å²) in [5.41, 5.74) is -0.103. The lowest BCUT2D eigenvalue weighted by Gasteiger charge is -2.04. The number of carbonyl (C=O) groups is 2. The molecule has 0 saturated heterocycles. The number of carboxylic acid groups (broad SMARTS) is 1. The normalized spacial score (nSPS) is 10.4. The van der Waals surface area contributed by atoms with Gasteiger partial charge < -0.3 is 15.4 Å². The van der Waals surface area contributed by atoms with Crippen molar-refractivity contribution in [2.24, 2.45) is 0 Å². The number of aromatic amines is 2. The summed E-state index contributed by atoms with van der Waals surface area (Å²) in [6.07, 6.45) is 0.862. The third kappa shape index (κ3) is 2.51. The lowest BCUT2D eigenvalue weighted by Crippen LogP contribution is -2.19. The number of amides is 1. The third-order valence-electron chi connectivity index (χ3n) is 2.14. The summed E-state index contributed by atoms with van der Waals surface area (Å²) >= 11 is 0. The zero-order valence-electron chi connectivity index (χ0n) is 9.06. The quantitative estimate of drug-likeness (QED) is 0.574. The first-order valence-corrected chi connectivity index (χ1v) is 5.01. The fraction of sp³-hybridized carbons (Fsp3) is 0.222. The summed E-state index contributed by atoms with van der Waals surface area (Å²) in [6.45, 7) is 0. The first-order chi connectivity index (χ1) is 8.56. The van der Waals surface area contributed by atoms with Crippen LogP contribution in [0.15, 0.2) is 11.1 Å². The summed E-state index contributed by atoms with van der Waals surface area (Å²) in [5, 5.41) is 10.8. The first kappa shape index (κ1) is 11.8. The van der Waals surface area contributed by atoms with Crippen LogP contribution in [-0.4, -0.2) is 36.9 Å². The molecule has 0 atom stereocenters. The Bertz CT molecular complexity index is 658. The zero-order chi connectivity index (χ0) is 13.1. The van der Waals surface area contributed by atoms with Crippen molar-refractivity contribution in [1.29, 1.82) is 0 Å². The van der Waals surface area contributed by atoms with Crippen molar-refractivity contribution >= 4 is 28.9 Å². The second-order valence-electron chi connectivity index (χ2n) is 3.46. The minimum Gasteiger partial charge on any atom is -0.481 e. The van der Waals surface area contributed by atoms with E-state index in [4.69, 9.17) is 5.11 Å². The van der Waals surface area contributed by atoms with Crippen LogP contribution in [0.4, 0.5) is 5.82 Å². The molecule has 0 aliphatic carbocycles. The second kappa shape index (κ2) is 4.65. The fourth-order valence-electron chi connectivity index (χ4n) is 1.37. The number of aliphatic carboxylic acids is 1. The van der Waals surface area contributed by atoms with Gasteiger partial charge in [-0.1, -0.05) is 0 Å². The Hall–Kier alpha value is -2.71. The standard InChI is InChI=1S/C9H9N5O4/c15-4(1-2-5(16)17)12-8-6-7(11-3-10-6)13-9(18)14-8/h3H,1-2H2,(H,16,17)(H3,10,11,12,13,14,15,18). The molecule has 0 radical (unpaired) electrons. The van der Waals surface area contributed by atoms with Crippen molar-refractivity contribution in [3.8, 4) is 0 Å². The topological polar surface area (TPSA) is 141 Å². The lowest BCUT2D eigenvalue weighted by atomic mass is 10.3. The maximum atomic E-state index is 11.4. The predicted molar refractivity (Wildman–Crippen MR) is 60.0 cm³/mol. The number of anilines is 1. The van der Waals surface area contributed by atoms with Gasteiger partial charge in [0.05, 0.1) is 12.7 Å². The SMILES string of the molecule is O=C(O)CCC(=O)Nc1[nH]c(=O)nc2nc[nH]c12. The molecule has 18 heavy (non-hydrogen) atoms. The van der Waals surface area contributed by atoms with Crippen molar-refractivity contribution in [2.75, 3.05) is 5.32 Å². The number of carbonyl (C=O) groups excluding carboxylic acids is 1. The highest BCUT2D eigenvalue weighted by Crippen LogP contribution is 2.13. The second-order valence-corrected chi connectivity index (χ2v) is 3.46. The summed E-state index contributed by atoms with van der Waals surface area (Å²) in [6, 6.07) is 0. The molecule has 2 aromatic rings. The van der Waals surface area contributed by atoms with E-state index in [0.29, 0.717) is 5.52 Å². The van der Waals surface area contributed by atoms with E-state index in [1.807, 2.05) is 0 Å². The van der Waals surface area contributed by atoms with E-state index >= 15 is 0 Å². The van der Waals surface area contributed by atoms with Gasteiger partial charge >= 0.3 is 11.7 Å². The molecule has 0 aromatic carbocycles. The summed E-state index contributed by atoms with van der Waals surface area (Å²) in [5.74, 6) is -1.46. The maximum Gasteiger partial charge on any atom is 0.348 e. The number of H-pyrrole nitrogens is 2. The van der Waals surface area contributed by atoms with Crippen molar-refractivity contribution in [2.45, 2.75) is 12.8 Å². The van der Waals surface area contributed by atoms with Gasteiger partial charge in [0.2, 0.25) is 5.91 Å². The zero-order valence-corrected chi connectivity index (χ0v) is 9.06. The summed E-state index contributed by atoms with van der Waals surface area (Å²) in [7, 11) is 0. The number of rotatable bonds is 4. The Morgan fingerprint density at radius 1 is 1.39 bits per heavy atom. The Kier molecular flexibility index (Phi) is 3.04. The maximum absolute atomic E-state index is 11.4. The van der Waals surface area contributed by atoms with Crippen LogP contribution in [-0.2, 0) is 9.59 Å². The molecule has 2 rings (SSSR count). The molecular formula is C9H9N5O4. The molecule has 0 aliphatic rings. The number of hydrogen-bond donors (Lipinski definition) is 4. The predicted octanol–water partition coefficient (Wildman–Crippen LogP) is -0.550. The largest absolute Gasteiger partial charge is 0.481 e. The molecule has 0 spiro atoms. The molecule has 9 nitrogen and oxygen atoms in total. The molecule has 9 heteroatoms. The third-order valence-corrected chi connectivity index (χ3v) is 2.14. The van der Waals surface area contributed by atoms with Crippen molar-refractivity contribution in [1.82, 2.24) is 19.9 Å². The van der Waals surface area contributed by atoms with Crippen LogP contribution < -0.4 is 11.0 Å². The number of nitrogens with one attached hydrogen (secondary N) is 3. The molecule has 4 N–H and O–H groups in total. The van der Waals surface area contributed by atoms with Crippen LogP contribution in [0.3, 0.4) is 0 Å². The number of imidazole rings is 1. The molecule has 0 fully saturated rings. The van der Waals surface area contributed by atoms with Gasteiger partial charge in [-0.05, 0) is 0 Å². The number of hydrogen-bond acceptors (Lipinski definition) is 5. The monoisotopic (exact) mass is 251 g/mol. The molecular weight excluding hydrogens is 242 g/mol. The lowest BCUT2D eigenvalue weighted by molar-refractivity contribution is -0.138. The highest BCUT2D eigenvalue weighted by molar-refractivity contribution is 5.97. The van der Waals surface area contributed by atoms with E-state index < -0.39 is 17.6 Å². The molecule has 1 amide bonds. The Labute approximate surface area is 99.3 Å². The molecule has 0 saturated carbocycles. The van der Waals surface area contributed by atoms with Crippen molar-refractivity contribution in [3.05, 3.63) is 16.8 Å².